The molecule has 0 aliphatic heterocycles. The lowest BCUT2D eigenvalue weighted by molar-refractivity contribution is 0.313. The lowest BCUT2D eigenvalue weighted by atomic mass is 10.1. The van der Waals surface area contributed by atoms with Crippen LogP contribution in [0.5, 0.6) is 5.75 Å². The normalized spacial score (nSPS) is 12.3. The molecule has 0 spiro atoms. The number of nitrogens with zero attached hydrogens (tertiary/aromatic N) is 1. The fourth-order valence-electron chi connectivity index (χ4n) is 1.92. The van der Waals surface area contributed by atoms with Gasteiger partial charge < -0.3 is 10.1 Å². The van der Waals surface area contributed by atoms with Gasteiger partial charge in [0.25, 0.3) is 0 Å². The number of ether oxygens (including phenoxy) is 1. The predicted molar refractivity (Wildman–Crippen MR) is 83.8 cm³/mol. The Morgan fingerprint density at radius 2 is 2.30 bits per heavy atom. The lowest BCUT2D eigenvalue weighted by Gasteiger charge is -2.15. The highest BCUT2D eigenvalue weighted by molar-refractivity contribution is 9.10. The third-order valence-electron chi connectivity index (χ3n) is 3.10. The second-order valence-corrected chi connectivity index (χ2v) is 5.65. The highest BCUT2D eigenvalue weighted by Gasteiger charge is 2.09. The van der Waals surface area contributed by atoms with Crippen molar-refractivity contribution in [3.63, 3.8) is 0 Å². The van der Waals surface area contributed by atoms with Crippen molar-refractivity contribution < 1.29 is 4.74 Å². The van der Waals surface area contributed by atoms with E-state index in [4.69, 9.17) is 4.74 Å². The maximum atomic E-state index is 5.78. The van der Waals surface area contributed by atoms with E-state index >= 15 is 0 Å². The van der Waals surface area contributed by atoms with Gasteiger partial charge in [0.05, 0.1) is 12.8 Å². The second kappa shape index (κ2) is 7.45. The zero-order valence-electron chi connectivity index (χ0n) is 11.8. The number of halogens is 1. The van der Waals surface area contributed by atoms with Gasteiger partial charge in [0, 0.05) is 34.4 Å². The summed E-state index contributed by atoms with van der Waals surface area (Å²) in [6.07, 6.45) is 4.76. The number of hydrogen-bond acceptors (Lipinski definition) is 3. The van der Waals surface area contributed by atoms with Gasteiger partial charge in [-0.1, -0.05) is 22.9 Å². The van der Waals surface area contributed by atoms with Crippen molar-refractivity contribution in [2.45, 2.75) is 32.9 Å². The molecule has 0 saturated carbocycles. The maximum Gasteiger partial charge on any atom is 0.123 e. The van der Waals surface area contributed by atoms with Crippen molar-refractivity contribution in [2.24, 2.45) is 0 Å². The van der Waals surface area contributed by atoms with Gasteiger partial charge in [0.1, 0.15) is 5.75 Å². The van der Waals surface area contributed by atoms with Gasteiger partial charge in [-0.25, -0.2) is 0 Å². The topological polar surface area (TPSA) is 49.9 Å². The average molecular weight is 338 g/mol. The minimum absolute atomic E-state index is 0.242. The summed E-state index contributed by atoms with van der Waals surface area (Å²) in [6, 6.07) is 6.36. The molecule has 2 aromatic rings. The van der Waals surface area contributed by atoms with Crippen molar-refractivity contribution in [3.8, 4) is 5.75 Å². The van der Waals surface area contributed by atoms with E-state index in [1.54, 1.807) is 0 Å². The Morgan fingerprint density at radius 1 is 1.45 bits per heavy atom. The molecule has 0 amide bonds. The fraction of sp³-hybridized carbons (Fsp3) is 0.400. The quantitative estimate of drug-likeness (QED) is 0.807. The first-order chi connectivity index (χ1) is 9.70. The van der Waals surface area contributed by atoms with Crippen LogP contribution in [-0.2, 0) is 6.54 Å². The molecule has 1 aromatic carbocycles. The third kappa shape index (κ3) is 4.08. The number of aromatic amines is 1. The van der Waals surface area contributed by atoms with E-state index in [0.29, 0.717) is 0 Å². The van der Waals surface area contributed by atoms with Crippen LogP contribution in [0, 0.1) is 0 Å². The summed E-state index contributed by atoms with van der Waals surface area (Å²) >= 11 is 3.51. The van der Waals surface area contributed by atoms with Gasteiger partial charge in [-0.2, -0.15) is 5.10 Å². The summed E-state index contributed by atoms with van der Waals surface area (Å²) in [4.78, 5) is 0. The van der Waals surface area contributed by atoms with Crippen LogP contribution in [0.15, 0.2) is 35.1 Å². The zero-order chi connectivity index (χ0) is 14.4. The molecule has 2 N–H and O–H groups in total. The smallest absolute Gasteiger partial charge is 0.123 e. The van der Waals surface area contributed by atoms with Crippen LogP contribution in [-0.4, -0.2) is 16.8 Å². The highest BCUT2D eigenvalue weighted by atomic mass is 79.9. The molecule has 0 aliphatic carbocycles. The number of hydrogen-bond donors (Lipinski definition) is 2. The van der Waals surface area contributed by atoms with Crippen molar-refractivity contribution in [1.82, 2.24) is 15.5 Å². The molecule has 4 nitrogen and oxygen atoms in total. The molecule has 0 saturated heterocycles. The summed E-state index contributed by atoms with van der Waals surface area (Å²) in [7, 11) is 0. The van der Waals surface area contributed by atoms with Crippen molar-refractivity contribution >= 4 is 15.9 Å². The van der Waals surface area contributed by atoms with Gasteiger partial charge >= 0.3 is 0 Å². The van der Waals surface area contributed by atoms with E-state index in [0.717, 1.165) is 40.9 Å². The van der Waals surface area contributed by atoms with Crippen LogP contribution >= 0.6 is 15.9 Å². The van der Waals surface area contributed by atoms with Gasteiger partial charge in [0.15, 0.2) is 0 Å². The van der Waals surface area contributed by atoms with Crippen LogP contribution < -0.4 is 10.1 Å². The molecular weight excluding hydrogens is 318 g/mol. The van der Waals surface area contributed by atoms with Crippen LogP contribution in [0.2, 0.25) is 0 Å². The summed E-state index contributed by atoms with van der Waals surface area (Å²) in [6.45, 7) is 5.73. The van der Waals surface area contributed by atoms with Gasteiger partial charge in [-0.05, 0) is 31.5 Å². The first-order valence-electron chi connectivity index (χ1n) is 6.84. The van der Waals surface area contributed by atoms with Crippen LogP contribution in [0.4, 0.5) is 0 Å². The van der Waals surface area contributed by atoms with Crippen LogP contribution in [0.3, 0.4) is 0 Å². The first kappa shape index (κ1) is 15.1. The Labute approximate surface area is 128 Å². The van der Waals surface area contributed by atoms with Crippen molar-refractivity contribution in [2.75, 3.05) is 6.61 Å². The number of nitrogens with one attached hydrogen (secondary N) is 2. The van der Waals surface area contributed by atoms with Crippen molar-refractivity contribution in [3.05, 3.63) is 46.2 Å². The summed E-state index contributed by atoms with van der Waals surface area (Å²) in [5.41, 5.74) is 2.30. The minimum Gasteiger partial charge on any atom is -0.493 e. The van der Waals surface area contributed by atoms with Gasteiger partial charge in [-0.3, -0.25) is 5.10 Å². The highest BCUT2D eigenvalue weighted by Crippen LogP contribution is 2.24. The number of rotatable bonds is 7. The molecule has 1 heterocycles. The largest absolute Gasteiger partial charge is 0.493 e. The first-order valence-corrected chi connectivity index (χ1v) is 7.63. The lowest BCUT2D eigenvalue weighted by Crippen LogP contribution is -2.18. The van der Waals surface area contributed by atoms with E-state index in [-0.39, 0.29) is 6.04 Å². The molecule has 108 valence electrons. The van der Waals surface area contributed by atoms with E-state index in [1.807, 2.05) is 24.5 Å². The number of H-pyrrole nitrogens is 1. The molecule has 0 aliphatic rings. The Bertz CT molecular complexity index is 528. The molecule has 0 bridgehead atoms. The molecule has 2 rings (SSSR count). The molecule has 5 heteroatoms. The minimum atomic E-state index is 0.242. The second-order valence-electron chi connectivity index (χ2n) is 4.73. The number of benzene rings is 1. The number of aromatic nitrogens is 2. The molecule has 1 unspecified atom stereocenters. The molecule has 20 heavy (non-hydrogen) atoms. The standard InChI is InChI=1S/C15H20BrN3O/c1-3-6-20-15-5-4-14(16)7-12(15)8-17-11(2)13-9-18-19-10-13/h4-5,7,9-11,17H,3,6,8H2,1-2H3,(H,18,19). The summed E-state index contributed by atoms with van der Waals surface area (Å²) in [5.74, 6) is 0.946. The zero-order valence-corrected chi connectivity index (χ0v) is 13.4. The monoisotopic (exact) mass is 337 g/mol. The van der Waals surface area contributed by atoms with E-state index in [9.17, 15) is 0 Å². The molecule has 0 fully saturated rings. The molecule has 1 aromatic heterocycles. The predicted octanol–water partition coefficient (Wildman–Crippen LogP) is 3.81. The molecule has 0 radical (unpaired) electrons. The molecule has 1 atom stereocenters. The summed E-state index contributed by atoms with van der Waals surface area (Å²) in [5, 5.41) is 10.3. The Balaban J connectivity index is 2.02. The van der Waals surface area contributed by atoms with E-state index in [1.165, 1.54) is 0 Å². The van der Waals surface area contributed by atoms with Crippen LogP contribution in [0.1, 0.15) is 37.4 Å². The Morgan fingerprint density at radius 3 is 3.00 bits per heavy atom. The van der Waals surface area contributed by atoms with Gasteiger partial charge in [-0.15, -0.1) is 0 Å². The molecular formula is C15H20BrN3O. The van der Waals surface area contributed by atoms with Crippen LogP contribution in [0.25, 0.3) is 0 Å². The summed E-state index contributed by atoms with van der Waals surface area (Å²) < 4.78 is 6.85. The van der Waals surface area contributed by atoms with E-state index < -0.39 is 0 Å². The van der Waals surface area contributed by atoms with E-state index in [2.05, 4.69) is 51.4 Å². The SMILES string of the molecule is CCCOc1ccc(Br)cc1CNC(C)c1cn[nH]c1. The maximum absolute atomic E-state index is 5.78. The Kier molecular flexibility index (Phi) is 5.61. The fourth-order valence-corrected chi connectivity index (χ4v) is 2.33. The Hall–Kier alpha value is -1.33. The average Bonchev–Trinajstić information content (AvgIpc) is 2.98. The van der Waals surface area contributed by atoms with Gasteiger partial charge in [0.2, 0.25) is 0 Å². The third-order valence-corrected chi connectivity index (χ3v) is 3.60. The van der Waals surface area contributed by atoms with Crippen molar-refractivity contribution in [1.29, 1.82) is 0 Å².